The fraction of sp³-hybridized carbons (Fsp3) is 0.680. The minimum Gasteiger partial charge on any atom is -0.355 e. The maximum absolute atomic E-state index is 13.5. The van der Waals surface area contributed by atoms with Crippen molar-refractivity contribution in [1.29, 1.82) is 0 Å². The second-order valence-corrected chi connectivity index (χ2v) is 12.6. The van der Waals surface area contributed by atoms with Gasteiger partial charge in [-0.05, 0) is 80.4 Å². The Morgan fingerprint density at radius 1 is 0.941 bits per heavy atom. The van der Waals surface area contributed by atoms with Gasteiger partial charge in [0, 0.05) is 32.7 Å². The third-order valence-corrected chi connectivity index (χ3v) is 9.44. The van der Waals surface area contributed by atoms with Crippen LogP contribution in [0.1, 0.15) is 44.1 Å². The van der Waals surface area contributed by atoms with Gasteiger partial charge in [-0.15, -0.1) is 0 Å². The molecule has 0 aromatic heterocycles. The molecular weight excluding hydrogens is 452 g/mol. The summed E-state index contributed by atoms with van der Waals surface area (Å²) >= 11 is 0. The van der Waals surface area contributed by atoms with Crippen LogP contribution < -0.4 is 10.5 Å². The molecule has 1 aromatic rings. The van der Waals surface area contributed by atoms with E-state index in [1.165, 1.54) is 31.4 Å². The van der Waals surface area contributed by atoms with E-state index in [2.05, 4.69) is 15.1 Å². The van der Waals surface area contributed by atoms with Gasteiger partial charge in [0.15, 0.2) is 0 Å². The number of rotatable bonds is 7. The van der Waals surface area contributed by atoms with Crippen molar-refractivity contribution in [3.8, 4) is 0 Å². The summed E-state index contributed by atoms with van der Waals surface area (Å²) in [6.07, 6.45) is 7.95. The van der Waals surface area contributed by atoms with E-state index in [-0.39, 0.29) is 16.2 Å². The Labute approximate surface area is 202 Å². The minimum absolute atomic E-state index is 0.0259. The minimum atomic E-state index is -3.69. The van der Waals surface area contributed by atoms with Crippen LogP contribution in [0.5, 0.6) is 0 Å². The summed E-state index contributed by atoms with van der Waals surface area (Å²) in [5.74, 6) is 2.68. The maximum atomic E-state index is 13.5. The van der Waals surface area contributed by atoms with Crippen molar-refractivity contribution in [3.05, 3.63) is 29.8 Å². The smallest absolute Gasteiger partial charge is 0.238 e. The summed E-state index contributed by atoms with van der Waals surface area (Å²) in [6.45, 7) is 3.72. The number of hydrogen-bond donors (Lipinski definition) is 2. The monoisotopic (exact) mass is 488 g/mol. The van der Waals surface area contributed by atoms with Crippen molar-refractivity contribution in [3.63, 3.8) is 0 Å². The zero-order valence-corrected chi connectivity index (χ0v) is 20.6. The van der Waals surface area contributed by atoms with E-state index in [0.717, 1.165) is 55.7 Å². The van der Waals surface area contributed by atoms with E-state index in [1.807, 2.05) is 0 Å². The Morgan fingerprint density at radius 3 is 2.03 bits per heavy atom. The van der Waals surface area contributed by atoms with Crippen LogP contribution in [0.15, 0.2) is 29.2 Å². The van der Waals surface area contributed by atoms with Crippen LogP contribution in [0.2, 0.25) is 0 Å². The van der Waals surface area contributed by atoms with Crippen LogP contribution in [0.25, 0.3) is 0 Å². The van der Waals surface area contributed by atoms with Gasteiger partial charge in [0.25, 0.3) is 0 Å². The number of benzene rings is 1. The number of carbonyl (C=O) groups excluding carboxylic acids is 2. The number of piperazine rings is 1. The van der Waals surface area contributed by atoms with Crippen molar-refractivity contribution in [2.45, 2.75) is 49.8 Å². The first-order valence-electron chi connectivity index (χ1n) is 12.6. The van der Waals surface area contributed by atoms with Crippen LogP contribution in [0, 0.1) is 23.2 Å². The summed E-state index contributed by atoms with van der Waals surface area (Å²) in [5.41, 5.74) is 0.852. The number of nitrogens with one attached hydrogen (secondary N) is 1. The van der Waals surface area contributed by atoms with Gasteiger partial charge in [-0.2, -0.15) is 0 Å². The van der Waals surface area contributed by atoms with Crippen LogP contribution in [-0.2, 0) is 26.0 Å². The molecule has 1 heterocycles. The number of sulfonamides is 1. The number of nitrogens with two attached hydrogens (primary N) is 1. The van der Waals surface area contributed by atoms with E-state index in [4.69, 9.17) is 5.14 Å². The molecule has 5 fully saturated rings. The van der Waals surface area contributed by atoms with Crippen LogP contribution in [-0.4, -0.2) is 69.3 Å². The quantitative estimate of drug-likeness (QED) is 0.602. The normalized spacial score (nSPS) is 31.0. The SMILES string of the molecule is NS(=O)(=O)c1ccc(CCNC(=O)CN2CCN(C(=O)C34CC5CC(CC(C5)C3)C4)CC2)cc1. The lowest BCUT2D eigenvalue weighted by molar-refractivity contribution is -0.159. The molecule has 4 aliphatic carbocycles. The summed E-state index contributed by atoms with van der Waals surface area (Å²) in [7, 11) is -3.69. The molecule has 0 unspecified atom stereocenters. The second kappa shape index (κ2) is 9.24. The summed E-state index contributed by atoms with van der Waals surface area (Å²) < 4.78 is 22.7. The molecule has 1 aliphatic heterocycles. The van der Waals surface area contributed by atoms with E-state index in [0.29, 0.717) is 38.5 Å². The molecule has 0 radical (unpaired) electrons. The largest absolute Gasteiger partial charge is 0.355 e. The van der Waals surface area contributed by atoms with Crippen LogP contribution >= 0.6 is 0 Å². The Bertz CT molecular complexity index is 996. The predicted molar refractivity (Wildman–Crippen MR) is 128 cm³/mol. The molecule has 8 nitrogen and oxygen atoms in total. The number of carbonyl (C=O) groups is 2. The highest BCUT2D eigenvalue weighted by atomic mass is 32.2. The standard InChI is InChI=1S/C25H36N4O4S/c26-34(32,33)22-3-1-18(2-4-22)5-6-27-23(30)17-28-7-9-29(10-8-28)24(31)25-14-19-11-20(15-25)13-21(12-19)16-25/h1-4,19-21H,5-17H2,(H,27,30)(H2,26,32,33). The lowest BCUT2D eigenvalue weighted by Gasteiger charge is -2.57. The molecule has 0 atom stereocenters. The zero-order valence-electron chi connectivity index (χ0n) is 19.7. The molecule has 1 aromatic carbocycles. The third kappa shape index (κ3) is 5.02. The Morgan fingerprint density at radius 2 is 1.50 bits per heavy atom. The molecular formula is C25H36N4O4S. The van der Waals surface area contributed by atoms with Gasteiger partial charge < -0.3 is 10.2 Å². The van der Waals surface area contributed by atoms with Gasteiger partial charge in [-0.3, -0.25) is 14.5 Å². The molecule has 1 saturated heterocycles. The van der Waals surface area contributed by atoms with Gasteiger partial charge in [0.2, 0.25) is 21.8 Å². The highest BCUT2D eigenvalue weighted by molar-refractivity contribution is 7.89. The summed E-state index contributed by atoms with van der Waals surface area (Å²) in [6, 6.07) is 6.39. The Hall–Kier alpha value is -1.97. The molecule has 9 heteroatoms. The lowest BCUT2D eigenvalue weighted by atomic mass is 9.49. The van der Waals surface area contributed by atoms with E-state index in [9.17, 15) is 18.0 Å². The number of hydrogen-bond acceptors (Lipinski definition) is 5. The highest BCUT2D eigenvalue weighted by Crippen LogP contribution is 2.60. The van der Waals surface area contributed by atoms with E-state index in [1.54, 1.807) is 12.1 Å². The topological polar surface area (TPSA) is 113 Å². The average Bonchev–Trinajstić information content (AvgIpc) is 2.78. The molecule has 4 saturated carbocycles. The summed E-state index contributed by atoms with van der Waals surface area (Å²) in [5, 5.41) is 8.06. The van der Waals surface area contributed by atoms with Gasteiger partial charge >= 0.3 is 0 Å². The van der Waals surface area contributed by atoms with Crippen LogP contribution in [0.4, 0.5) is 0 Å². The van der Waals surface area contributed by atoms with Crippen molar-refractivity contribution in [2.75, 3.05) is 39.3 Å². The molecule has 5 aliphatic rings. The van der Waals surface area contributed by atoms with Crippen molar-refractivity contribution < 1.29 is 18.0 Å². The molecule has 34 heavy (non-hydrogen) atoms. The molecule has 2 amide bonds. The number of amides is 2. The Balaban J connectivity index is 1.04. The average molecular weight is 489 g/mol. The molecule has 4 bridgehead atoms. The van der Waals surface area contributed by atoms with E-state index < -0.39 is 10.0 Å². The molecule has 6 rings (SSSR count). The maximum Gasteiger partial charge on any atom is 0.238 e. The van der Waals surface area contributed by atoms with Gasteiger partial charge in [0.1, 0.15) is 0 Å². The summed E-state index contributed by atoms with van der Waals surface area (Å²) in [4.78, 5) is 30.2. The van der Waals surface area contributed by atoms with E-state index >= 15 is 0 Å². The first-order chi connectivity index (χ1) is 16.2. The van der Waals surface area contributed by atoms with Crippen molar-refractivity contribution in [2.24, 2.45) is 28.3 Å². The lowest BCUT2D eigenvalue weighted by Crippen LogP contribution is -2.58. The molecule has 0 spiro atoms. The van der Waals surface area contributed by atoms with Gasteiger partial charge in [-0.25, -0.2) is 13.6 Å². The second-order valence-electron chi connectivity index (χ2n) is 11.1. The first-order valence-corrected chi connectivity index (χ1v) is 14.1. The number of primary sulfonamides is 1. The van der Waals surface area contributed by atoms with Gasteiger partial charge in [0.05, 0.1) is 16.9 Å². The zero-order chi connectivity index (χ0) is 23.9. The third-order valence-electron chi connectivity index (χ3n) is 8.51. The molecule has 186 valence electrons. The highest BCUT2D eigenvalue weighted by Gasteiger charge is 2.55. The van der Waals surface area contributed by atoms with Crippen molar-refractivity contribution >= 4 is 21.8 Å². The molecule has 3 N–H and O–H groups in total. The fourth-order valence-electron chi connectivity index (χ4n) is 7.27. The van der Waals surface area contributed by atoms with Crippen molar-refractivity contribution in [1.82, 2.24) is 15.1 Å². The Kier molecular flexibility index (Phi) is 6.46. The van der Waals surface area contributed by atoms with Crippen LogP contribution in [0.3, 0.4) is 0 Å². The fourth-order valence-corrected chi connectivity index (χ4v) is 7.78. The predicted octanol–water partition coefficient (Wildman–Crippen LogP) is 1.35. The van der Waals surface area contributed by atoms with Gasteiger partial charge in [-0.1, -0.05) is 12.1 Å². The number of nitrogens with zero attached hydrogens (tertiary/aromatic N) is 2. The first kappa shape index (κ1) is 23.8.